The van der Waals surface area contributed by atoms with E-state index in [0.29, 0.717) is 5.69 Å². The Morgan fingerprint density at radius 2 is 1.94 bits per heavy atom. The molecule has 0 heterocycles. The number of nitrogens with two attached hydrogens (primary N) is 1. The predicted octanol–water partition coefficient (Wildman–Crippen LogP) is 0.995. The van der Waals surface area contributed by atoms with Crippen LogP contribution in [0.2, 0.25) is 0 Å². The zero-order valence-electron chi connectivity index (χ0n) is 10.2. The fraction of sp³-hybridized carbons (Fsp3) is 0.182. The number of thiocarbonyl (C=S) groups is 1. The zero-order chi connectivity index (χ0) is 13.5. The highest BCUT2D eigenvalue weighted by Crippen LogP contribution is 2.10. The van der Waals surface area contributed by atoms with Crippen molar-refractivity contribution >= 4 is 34.8 Å². The maximum absolute atomic E-state index is 11.1. The number of benzene rings is 1. The number of amides is 2. The maximum Gasteiger partial charge on any atom is 0.318 e. The van der Waals surface area contributed by atoms with Gasteiger partial charge in [0.2, 0.25) is 0 Å². The third-order valence-corrected chi connectivity index (χ3v) is 2.21. The molecule has 0 aromatic heterocycles. The minimum absolute atomic E-state index is 0.118. The van der Waals surface area contributed by atoms with Gasteiger partial charge in [0.15, 0.2) is 5.11 Å². The van der Waals surface area contributed by atoms with Gasteiger partial charge in [0.25, 0.3) is 0 Å². The molecule has 7 heteroatoms. The molecule has 0 aliphatic heterocycles. The van der Waals surface area contributed by atoms with Crippen molar-refractivity contribution < 1.29 is 4.79 Å². The molecule has 0 saturated heterocycles. The van der Waals surface area contributed by atoms with E-state index in [1.54, 1.807) is 19.2 Å². The Bertz CT molecular complexity index is 469. The van der Waals surface area contributed by atoms with Crippen molar-refractivity contribution in [2.45, 2.75) is 6.92 Å². The largest absolute Gasteiger partial charge is 0.375 e. The van der Waals surface area contributed by atoms with Crippen LogP contribution in [0.1, 0.15) is 12.5 Å². The molecular formula is C11H15N5OS. The molecule has 0 aliphatic carbocycles. The summed E-state index contributed by atoms with van der Waals surface area (Å²) in [6, 6.07) is 6.98. The first-order valence-corrected chi connectivity index (χ1v) is 5.62. The highest BCUT2D eigenvalue weighted by molar-refractivity contribution is 7.80. The van der Waals surface area contributed by atoms with E-state index in [-0.39, 0.29) is 11.1 Å². The molecule has 0 fully saturated rings. The number of hydrogen-bond acceptors (Lipinski definition) is 3. The molecule has 0 bridgehead atoms. The van der Waals surface area contributed by atoms with E-state index in [2.05, 4.69) is 33.4 Å². The van der Waals surface area contributed by atoms with Crippen molar-refractivity contribution in [3.63, 3.8) is 0 Å². The number of carbonyl (C=O) groups excluding carboxylic acids is 1. The second-order valence-electron chi connectivity index (χ2n) is 3.45. The Hall–Kier alpha value is -2.15. The summed E-state index contributed by atoms with van der Waals surface area (Å²) in [6.45, 7) is 1.83. The number of anilines is 1. The fourth-order valence-corrected chi connectivity index (χ4v) is 1.24. The number of urea groups is 1. The first kappa shape index (κ1) is 13.9. The molecule has 2 amide bonds. The number of nitrogens with zero attached hydrogens (tertiary/aromatic N) is 1. The van der Waals surface area contributed by atoms with Crippen LogP contribution in [0.5, 0.6) is 0 Å². The Labute approximate surface area is 111 Å². The van der Waals surface area contributed by atoms with E-state index in [1.165, 1.54) is 0 Å². The quantitative estimate of drug-likeness (QED) is 0.373. The van der Waals surface area contributed by atoms with Crippen LogP contribution in [0.4, 0.5) is 10.5 Å². The first-order chi connectivity index (χ1) is 8.52. The van der Waals surface area contributed by atoms with Gasteiger partial charge in [-0.1, -0.05) is 12.1 Å². The minimum atomic E-state index is -0.261. The molecule has 18 heavy (non-hydrogen) atoms. The number of hydrogen-bond donors (Lipinski definition) is 4. The van der Waals surface area contributed by atoms with Crippen molar-refractivity contribution in [2.24, 2.45) is 10.8 Å². The highest BCUT2D eigenvalue weighted by atomic mass is 32.1. The molecule has 0 aliphatic rings. The van der Waals surface area contributed by atoms with Gasteiger partial charge in [0.05, 0.1) is 5.71 Å². The fourth-order valence-electron chi connectivity index (χ4n) is 1.19. The van der Waals surface area contributed by atoms with E-state index in [0.717, 1.165) is 11.3 Å². The lowest BCUT2D eigenvalue weighted by atomic mass is 10.1. The molecule has 0 atom stereocenters. The lowest BCUT2D eigenvalue weighted by Crippen LogP contribution is -2.25. The maximum atomic E-state index is 11.1. The predicted molar refractivity (Wildman–Crippen MR) is 76.7 cm³/mol. The second kappa shape index (κ2) is 6.55. The first-order valence-electron chi connectivity index (χ1n) is 5.22. The molecule has 5 N–H and O–H groups in total. The van der Waals surface area contributed by atoms with Crippen LogP contribution in [0, 0.1) is 0 Å². The van der Waals surface area contributed by atoms with Crippen LogP contribution < -0.4 is 21.8 Å². The Morgan fingerprint density at radius 3 is 2.44 bits per heavy atom. The van der Waals surface area contributed by atoms with Gasteiger partial charge in [-0.25, -0.2) is 4.79 Å². The average molecular weight is 265 g/mol. The Kier molecular flexibility index (Phi) is 5.06. The van der Waals surface area contributed by atoms with Gasteiger partial charge in [-0.2, -0.15) is 5.10 Å². The molecule has 0 spiro atoms. The molecule has 0 saturated carbocycles. The molecule has 1 aromatic rings. The van der Waals surface area contributed by atoms with Crippen LogP contribution in [-0.2, 0) is 0 Å². The SMILES string of the molecule is CNC(=O)Nc1ccc(/C(C)=N/NC(N)=S)cc1. The van der Waals surface area contributed by atoms with Gasteiger partial charge in [-0.15, -0.1) is 0 Å². The lowest BCUT2D eigenvalue weighted by molar-refractivity contribution is 0.254. The summed E-state index contributed by atoms with van der Waals surface area (Å²) in [5, 5.41) is 9.25. The normalized spacial score (nSPS) is 10.7. The monoisotopic (exact) mass is 265 g/mol. The number of carbonyl (C=O) groups is 1. The zero-order valence-corrected chi connectivity index (χ0v) is 11.0. The molecular weight excluding hydrogens is 250 g/mol. The summed E-state index contributed by atoms with van der Waals surface area (Å²) in [5.74, 6) is 0. The molecule has 0 radical (unpaired) electrons. The van der Waals surface area contributed by atoms with Crippen molar-refractivity contribution in [1.82, 2.24) is 10.7 Å². The molecule has 0 unspecified atom stereocenters. The van der Waals surface area contributed by atoms with Gasteiger partial charge in [0.1, 0.15) is 0 Å². The van der Waals surface area contributed by atoms with Crippen LogP contribution in [0.15, 0.2) is 29.4 Å². The summed E-state index contributed by atoms with van der Waals surface area (Å²) in [6.07, 6.45) is 0. The van der Waals surface area contributed by atoms with Crippen LogP contribution in [-0.4, -0.2) is 23.9 Å². The third-order valence-electron chi connectivity index (χ3n) is 2.12. The standard InChI is InChI=1S/C11H15N5OS/c1-7(15-16-10(12)18)8-3-5-9(6-4-8)14-11(17)13-2/h3-6H,1-2H3,(H3,12,16,18)(H2,13,14,17)/b15-7+. The van der Waals surface area contributed by atoms with Gasteiger partial charge in [0, 0.05) is 12.7 Å². The highest BCUT2D eigenvalue weighted by Gasteiger charge is 2.00. The number of hydrazone groups is 1. The topological polar surface area (TPSA) is 91.5 Å². The van der Waals surface area contributed by atoms with E-state index >= 15 is 0 Å². The van der Waals surface area contributed by atoms with E-state index < -0.39 is 0 Å². The van der Waals surface area contributed by atoms with Gasteiger partial charge < -0.3 is 16.4 Å². The summed E-state index contributed by atoms with van der Waals surface area (Å²) < 4.78 is 0. The van der Waals surface area contributed by atoms with Crippen molar-refractivity contribution in [3.8, 4) is 0 Å². The lowest BCUT2D eigenvalue weighted by Gasteiger charge is -2.06. The van der Waals surface area contributed by atoms with E-state index in [9.17, 15) is 4.79 Å². The van der Waals surface area contributed by atoms with Gasteiger partial charge in [-0.3, -0.25) is 5.43 Å². The summed E-state index contributed by atoms with van der Waals surface area (Å²) in [7, 11) is 1.56. The van der Waals surface area contributed by atoms with Crippen LogP contribution in [0.25, 0.3) is 0 Å². The van der Waals surface area contributed by atoms with Gasteiger partial charge >= 0.3 is 6.03 Å². The molecule has 6 nitrogen and oxygen atoms in total. The summed E-state index contributed by atoms with van der Waals surface area (Å²) in [5.41, 5.74) is 10.1. The van der Waals surface area contributed by atoms with E-state index in [1.807, 2.05) is 19.1 Å². The van der Waals surface area contributed by atoms with Crippen molar-refractivity contribution in [2.75, 3.05) is 12.4 Å². The molecule has 1 rings (SSSR count). The Morgan fingerprint density at radius 1 is 1.33 bits per heavy atom. The number of rotatable bonds is 3. The van der Waals surface area contributed by atoms with Gasteiger partial charge in [-0.05, 0) is 36.8 Å². The van der Waals surface area contributed by atoms with Crippen molar-refractivity contribution in [3.05, 3.63) is 29.8 Å². The summed E-state index contributed by atoms with van der Waals surface area (Å²) >= 11 is 4.65. The van der Waals surface area contributed by atoms with Crippen molar-refractivity contribution in [1.29, 1.82) is 0 Å². The molecule has 96 valence electrons. The third kappa shape index (κ3) is 4.38. The second-order valence-corrected chi connectivity index (χ2v) is 3.89. The van der Waals surface area contributed by atoms with Crippen LogP contribution in [0.3, 0.4) is 0 Å². The molecule has 1 aromatic carbocycles. The Balaban J connectivity index is 2.73. The number of nitrogens with one attached hydrogen (secondary N) is 3. The average Bonchev–Trinajstić information content (AvgIpc) is 2.36. The minimum Gasteiger partial charge on any atom is -0.375 e. The smallest absolute Gasteiger partial charge is 0.318 e. The summed E-state index contributed by atoms with van der Waals surface area (Å²) in [4.78, 5) is 11.1. The van der Waals surface area contributed by atoms with Crippen LogP contribution >= 0.6 is 12.2 Å². The van der Waals surface area contributed by atoms with E-state index in [4.69, 9.17) is 5.73 Å².